The number of aryl methyl sites for hydroxylation is 4. The summed E-state index contributed by atoms with van der Waals surface area (Å²) in [5.41, 5.74) is 4.76. The molecular weight excluding hydrogens is 290 g/mol. The van der Waals surface area contributed by atoms with Crippen molar-refractivity contribution in [1.82, 2.24) is 14.5 Å². The minimum absolute atomic E-state index is 1.05. The third-order valence-electron chi connectivity index (χ3n) is 4.14. The van der Waals surface area contributed by atoms with E-state index in [-0.39, 0.29) is 0 Å². The molecular formula is C18H29N3S. The van der Waals surface area contributed by atoms with Crippen molar-refractivity contribution in [3.63, 3.8) is 0 Å². The Kier molecular flexibility index (Phi) is 6.74. The third kappa shape index (κ3) is 4.03. The zero-order chi connectivity index (χ0) is 15.9. The lowest BCUT2D eigenvalue weighted by molar-refractivity contribution is 0.648. The first-order valence-electron chi connectivity index (χ1n) is 8.58. The first kappa shape index (κ1) is 17.3. The summed E-state index contributed by atoms with van der Waals surface area (Å²) in [6, 6.07) is 0. The van der Waals surface area contributed by atoms with E-state index in [1.807, 2.05) is 6.20 Å². The predicted octanol–water partition coefficient (Wildman–Crippen LogP) is 4.92. The van der Waals surface area contributed by atoms with Gasteiger partial charge in [0.05, 0.1) is 11.7 Å². The molecule has 0 amide bonds. The molecule has 2 heterocycles. The average Bonchev–Trinajstić information content (AvgIpc) is 2.85. The van der Waals surface area contributed by atoms with Gasteiger partial charge in [-0.25, -0.2) is 4.98 Å². The number of hydrogen-bond donors (Lipinski definition) is 0. The first-order chi connectivity index (χ1) is 10.7. The van der Waals surface area contributed by atoms with Crippen LogP contribution in [-0.2, 0) is 13.0 Å². The quantitative estimate of drug-likeness (QED) is 0.614. The number of pyridine rings is 1. The van der Waals surface area contributed by atoms with E-state index in [1.54, 1.807) is 0 Å². The molecule has 0 fully saturated rings. The molecule has 0 saturated heterocycles. The van der Waals surface area contributed by atoms with Crippen LogP contribution >= 0.6 is 11.8 Å². The van der Waals surface area contributed by atoms with E-state index in [4.69, 9.17) is 4.98 Å². The molecule has 122 valence electrons. The lowest BCUT2D eigenvalue weighted by Crippen LogP contribution is -2.06. The Labute approximate surface area is 138 Å². The lowest BCUT2D eigenvalue weighted by atomic mass is 10.2. The molecule has 0 N–H and O–H groups in total. The molecule has 0 spiro atoms. The van der Waals surface area contributed by atoms with Gasteiger partial charge in [0.1, 0.15) is 11.3 Å². The normalized spacial score (nSPS) is 11.5. The van der Waals surface area contributed by atoms with Crippen LogP contribution in [0.2, 0.25) is 0 Å². The highest BCUT2D eigenvalue weighted by molar-refractivity contribution is 7.99. The average molecular weight is 320 g/mol. The second kappa shape index (κ2) is 8.56. The highest BCUT2D eigenvalue weighted by Gasteiger charge is 2.13. The second-order valence-electron chi connectivity index (χ2n) is 5.95. The molecule has 0 unspecified atom stereocenters. The van der Waals surface area contributed by atoms with Crippen molar-refractivity contribution >= 4 is 22.8 Å². The first-order valence-corrected chi connectivity index (χ1v) is 9.73. The fourth-order valence-corrected chi connectivity index (χ4v) is 3.79. The van der Waals surface area contributed by atoms with Gasteiger partial charge < -0.3 is 4.57 Å². The van der Waals surface area contributed by atoms with Crippen LogP contribution in [0.1, 0.15) is 56.6 Å². The molecule has 2 aromatic rings. The number of aromatic nitrogens is 3. The minimum atomic E-state index is 1.05. The number of thioether (sulfide) groups is 1. The van der Waals surface area contributed by atoms with Gasteiger partial charge in [-0.1, -0.05) is 20.3 Å². The van der Waals surface area contributed by atoms with Crippen LogP contribution in [0.25, 0.3) is 11.0 Å². The summed E-state index contributed by atoms with van der Waals surface area (Å²) in [6.07, 6.45) is 7.98. The van der Waals surface area contributed by atoms with E-state index in [1.165, 1.54) is 47.7 Å². The lowest BCUT2D eigenvalue weighted by Gasteiger charge is -2.11. The van der Waals surface area contributed by atoms with E-state index in [0.29, 0.717) is 0 Å². The summed E-state index contributed by atoms with van der Waals surface area (Å²) in [5, 5.41) is 0. The maximum Gasteiger partial charge on any atom is 0.109 e. The summed E-state index contributed by atoms with van der Waals surface area (Å²) in [5.74, 6) is 3.77. The van der Waals surface area contributed by atoms with Gasteiger partial charge in [0.2, 0.25) is 0 Å². The maximum absolute atomic E-state index is 4.83. The predicted molar refractivity (Wildman–Crippen MR) is 97.8 cm³/mol. The van der Waals surface area contributed by atoms with Gasteiger partial charge in [0, 0.05) is 18.7 Å². The SMILES string of the molecule is CCCCSCCCn1c(CCC)nc2cnc(C)c(C)c21. The topological polar surface area (TPSA) is 30.7 Å². The molecule has 0 bridgehead atoms. The fourth-order valence-electron chi connectivity index (χ4n) is 2.76. The second-order valence-corrected chi connectivity index (χ2v) is 7.18. The van der Waals surface area contributed by atoms with E-state index < -0.39 is 0 Å². The van der Waals surface area contributed by atoms with Gasteiger partial charge in [0.15, 0.2) is 0 Å². The van der Waals surface area contributed by atoms with Crippen molar-refractivity contribution in [2.24, 2.45) is 0 Å². The Bertz CT molecular complexity index is 604. The number of imidazole rings is 1. The highest BCUT2D eigenvalue weighted by atomic mass is 32.2. The highest BCUT2D eigenvalue weighted by Crippen LogP contribution is 2.23. The molecule has 0 radical (unpaired) electrons. The van der Waals surface area contributed by atoms with Crippen molar-refractivity contribution in [2.45, 2.75) is 66.3 Å². The smallest absolute Gasteiger partial charge is 0.109 e. The summed E-state index contributed by atoms with van der Waals surface area (Å²) in [4.78, 5) is 9.30. The van der Waals surface area contributed by atoms with E-state index in [0.717, 1.165) is 30.6 Å². The van der Waals surface area contributed by atoms with Crippen LogP contribution in [0.15, 0.2) is 6.20 Å². The van der Waals surface area contributed by atoms with Gasteiger partial charge in [-0.15, -0.1) is 0 Å². The molecule has 0 aliphatic rings. The van der Waals surface area contributed by atoms with Gasteiger partial charge in [0.25, 0.3) is 0 Å². The maximum atomic E-state index is 4.83. The summed E-state index contributed by atoms with van der Waals surface area (Å²) >= 11 is 2.09. The Morgan fingerprint density at radius 3 is 2.59 bits per heavy atom. The molecule has 2 aromatic heterocycles. The molecule has 2 rings (SSSR count). The molecule has 4 heteroatoms. The van der Waals surface area contributed by atoms with Crippen molar-refractivity contribution < 1.29 is 0 Å². The van der Waals surface area contributed by atoms with E-state index in [9.17, 15) is 0 Å². The van der Waals surface area contributed by atoms with E-state index in [2.05, 4.69) is 49.0 Å². The molecule has 0 aromatic carbocycles. The molecule has 0 aliphatic heterocycles. The third-order valence-corrected chi connectivity index (χ3v) is 5.29. The van der Waals surface area contributed by atoms with Gasteiger partial charge in [-0.2, -0.15) is 11.8 Å². The molecule has 0 aliphatic carbocycles. The number of rotatable bonds is 9. The van der Waals surface area contributed by atoms with Crippen LogP contribution in [0, 0.1) is 13.8 Å². The van der Waals surface area contributed by atoms with Crippen LogP contribution < -0.4 is 0 Å². The summed E-state index contributed by atoms with van der Waals surface area (Å²) < 4.78 is 2.45. The standard InChI is InChI=1S/C18H29N3S/c1-5-7-11-22-12-8-10-21-17(9-6-2)20-16-13-19-15(4)14(3)18(16)21/h13H,5-12H2,1-4H3. The van der Waals surface area contributed by atoms with Crippen LogP contribution in [0.3, 0.4) is 0 Å². The monoisotopic (exact) mass is 319 g/mol. The molecule has 3 nitrogen and oxygen atoms in total. The van der Waals surface area contributed by atoms with Crippen molar-refractivity contribution in [3.05, 3.63) is 23.3 Å². The Morgan fingerprint density at radius 2 is 1.86 bits per heavy atom. The van der Waals surface area contributed by atoms with Gasteiger partial charge >= 0.3 is 0 Å². The van der Waals surface area contributed by atoms with Crippen molar-refractivity contribution in [1.29, 1.82) is 0 Å². The Balaban J connectivity index is 2.14. The van der Waals surface area contributed by atoms with Crippen LogP contribution in [0.5, 0.6) is 0 Å². The zero-order valence-electron chi connectivity index (χ0n) is 14.5. The zero-order valence-corrected chi connectivity index (χ0v) is 15.3. The van der Waals surface area contributed by atoms with Crippen LogP contribution in [0.4, 0.5) is 0 Å². The van der Waals surface area contributed by atoms with Crippen molar-refractivity contribution in [3.8, 4) is 0 Å². The molecule has 22 heavy (non-hydrogen) atoms. The Hall–Kier alpha value is -1.03. The Morgan fingerprint density at radius 1 is 1.09 bits per heavy atom. The number of fused-ring (bicyclic) bond motifs is 1. The fraction of sp³-hybridized carbons (Fsp3) is 0.667. The summed E-state index contributed by atoms with van der Waals surface area (Å²) in [7, 11) is 0. The van der Waals surface area contributed by atoms with Crippen molar-refractivity contribution in [2.75, 3.05) is 11.5 Å². The van der Waals surface area contributed by atoms with Gasteiger partial charge in [-0.05, 0) is 50.2 Å². The molecule has 0 saturated carbocycles. The van der Waals surface area contributed by atoms with Crippen LogP contribution in [-0.4, -0.2) is 26.0 Å². The molecule has 0 atom stereocenters. The number of unbranched alkanes of at least 4 members (excludes halogenated alkanes) is 1. The number of nitrogens with zero attached hydrogens (tertiary/aromatic N) is 3. The number of hydrogen-bond acceptors (Lipinski definition) is 3. The minimum Gasteiger partial charge on any atom is -0.328 e. The largest absolute Gasteiger partial charge is 0.328 e. The van der Waals surface area contributed by atoms with E-state index >= 15 is 0 Å². The van der Waals surface area contributed by atoms with Gasteiger partial charge in [-0.3, -0.25) is 4.98 Å². The summed E-state index contributed by atoms with van der Waals surface area (Å²) in [6.45, 7) is 9.82.